The van der Waals surface area contributed by atoms with Crippen molar-refractivity contribution in [2.45, 2.75) is 46.0 Å². The molecule has 1 aromatic carbocycles. The molecule has 0 heterocycles. The number of hydrogen-bond acceptors (Lipinski definition) is 7. The van der Waals surface area contributed by atoms with E-state index in [9.17, 15) is 25.3 Å². The molecule has 128 valence electrons. The number of hydrogen-bond donors (Lipinski definition) is 1. The molecule has 9 nitrogen and oxygen atoms in total. The molecule has 0 saturated carbocycles. The van der Waals surface area contributed by atoms with Crippen LogP contribution in [0, 0.1) is 20.2 Å². The number of benzene rings is 1. The molecule has 0 aliphatic carbocycles. The third-order valence-corrected chi connectivity index (χ3v) is 3.01. The molecular weight excluding hydrogens is 308 g/mol. The lowest BCUT2D eigenvalue weighted by molar-refractivity contribution is -0.401. The molecule has 0 aromatic heterocycles. The van der Waals surface area contributed by atoms with Crippen LogP contribution in [-0.2, 0) is 10.2 Å². The van der Waals surface area contributed by atoms with Crippen molar-refractivity contribution in [3.05, 3.63) is 37.9 Å². The number of nitro groups is 2. The fraction of sp³-hybridized carbons (Fsp3) is 0.571. The molecule has 1 atom stereocenters. The molecule has 1 aromatic rings. The molecule has 0 saturated heterocycles. The van der Waals surface area contributed by atoms with Crippen molar-refractivity contribution in [3.8, 4) is 5.75 Å². The second-order valence-electron chi connectivity index (χ2n) is 6.04. The maximum atomic E-state index is 11.3. The Kier molecular flexibility index (Phi) is 5.28. The van der Waals surface area contributed by atoms with Crippen molar-refractivity contribution in [1.82, 2.24) is 0 Å². The monoisotopic (exact) mass is 328 g/mol. The quantitative estimate of drug-likeness (QED) is 0.483. The fourth-order valence-electron chi connectivity index (χ4n) is 1.89. The van der Waals surface area contributed by atoms with Gasteiger partial charge in [0.1, 0.15) is 0 Å². The normalized spacial score (nSPS) is 14.2. The summed E-state index contributed by atoms with van der Waals surface area (Å²) in [4.78, 5) is 21.0. The zero-order chi connectivity index (χ0) is 18.0. The van der Waals surface area contributed by atoms with Gasteiger partial charge >= 0.3 is 17.3 Å². The molecule has 0 aliphatic heterocycles. The van der Waals surface area contributed by atoms with Gasteiger partial charge in [-0.1, -0.05) is 20.8 Å². The Bertz CT molecular complexity index is 585. The largest absolute Gasteiger partial charge is 0.425 e. The summed E-state index contributed by atoms with van der Waals surface area (Å²) in [6.07, 6.45) is 0. The van der Waals surface area contributed by atoms with Crippen molar-refractivity contribution in [3.63, 3.8) is 0 Å². The van der Waals surface area contributed by atoms with E-state index < -0.39 is 38.4 Å². The van der Waals surface area contributed by atoms with Crippen LogP contribution < -0.4 is 4.74 Å². The van der Waals surface area contributed by atoms with Crippen molar-refractivity contribution in [1.29, 1.82) is 0 Å². The fourth-order valence-corrected chi connectivity index (χ4v) is 1.89. The van der Waals surface area contributed by atoms with E-state index >= 15 is 0 Å². The number of nitrogens with zero attached hydrogens (tertiary/aromatic N) is 2. The minimum atomic E-state index is -2.23. The van der Waals surface area contributed by atoms with Gasteiger partial charge in [-0.2, -0.15) is 0 Å². The second kappa shape index (κ2) is 6.47. The van der Waals surface area contributed by atoms with Gasteiger partial charge in [0, 0.05) is 19.1 Å². The average molecular weight is 328 g/mol. The third kappa shape index (κ3) is 4.60. The highest BCUT2D eigenvalue weighted by Crippen LogP contribution is 2.42. The third-order valence-electron chi connectivity index (χ3n) is 3.01. The van der Waals surface area contributed by atoms with E-state index in [1.54, 1.807) is 27.7 Å². The summed E-state index contributed by atoms with van der Waals surface area (Å²) in [5.74, 6) is -2.88. The number of aliphatic hydroxyl groups is 1. The van der Waals surface area contributed by atoms with Crippen molar-refractivity contribution in [2.24, 2.45) is 0 Å². The highest BCUT2D eigenvalue weighted by Gasteiger charge is 2.36. The van der Waals surface area contributed by atoms with Crippen LogP contribution in [0.25, 0.3) is 0 Å². The van der Waals surface area contributed by atoms with Crippen molar-refractivity contribution < 1.29 is 24.4 Å². The highest BCUT2D eigenvalue weighted by molar-refractivity contribution is 5.63. The van der Waals surface area contributed by atoms with Gasteiger partial charge in [-0.25, -0.2) is 0 Å². The minimum Gasteiger partial charge on any atom is -0.425 e. The number of nitro benzene ring substituents is 2. The summed E-state index contributed by atoms with van der Waals surface area (Å²) in [6.45, 7) is 8.03. The van der Waals surface area contributed by atoms with Gasteiger partial charge in [-0.15, -0.1) is 0 Å². The molecule has 0 radical (unpaired) electrons. The van der Waals surface area contributed by atoms with Gasteiger partial charge in [0.2, 0.25) is 0 Å². The van der Waals surface area contributed by atoms with Gasteiger partial charge in [0.05, 0.1) is 16.5 Å². The Morgan fingerprint density at radius 2 is 1.52 bits per heavy atom. The van der Waals surface area contributed by atoms with E-state index in [4.69, 9.17) is 9.47 Å². The van der Waals surface area contributed by atoms with E-state index in [2.05, 4.69) is 0 Å². The van der Waals surface area contributed by atoms with Gasteiger partial charge in [-0.05, 0) is 17.9 Å². The predicted octanol–water partition coefficient (Wildman–Crippen LogP) is 2.88. The molecule has 0 amide bonds. The van der Waals surface area contributed by atoms with E-state index in [0.29, 0.717) is 5.56 Å². The smallest absolute Gasteiger partial charge is 0.321 e. The Morgan fingerprint density at radius 3 is 1.83 bits per heavy atom. The van der Waals surface area contributed by atoms with Crippen LogP contribution in [0.2, 0.25) is 0 Å². The molecule has 0 spiro atoms. The first-order valence-electron chi connectivity index (χ1n) is 6.91. The summed E-state index contributed by atoms with van der Waals surface area (Å²) in [6, 6.07) is 2.40. The molecule has 23 heavy (non-hydrogen) atoms. The molecule has 9 heteroatoms. The van der Waals surface area contributed by atoms with Gasteiger partial charge < -0.3 is 14.6 Å². The lowest BCUT2D eigenvalue weighted by Gasteiger charge is -2.24. The summed E-state index contributed by atoms with van der Waals surface area (Å²) >= 11 is 0. The standard InChI is InChI=1S/C14H20N2O7/c1-6-22-14(5,17)23-12-10(15(18)19)7-9(13(2,3)4)8-11(12)16(20)21/h7-8,17H,6H2,1-5H3. The average Bonchev–Trinajstić information content (AvgIpc) is 2.35. The number of ether oxygens (including phenoxy) is 2. The predicted molar refractivity (Wildman–Crippen MR) is 81.3 cm³/mol. The summed E-state index contributed by atoms with van der Waals surface area (Å²) in [5, 5.41) is 32.5. The first-order chi connectivity index (χ1) is 10.4. The maximum Gasteiger partial charge on any atom is 0.321 e. The topological polar surface area (TPSA) is 125 Å². The van der Waals surface area contributed by atoms with E-state index in [-0.39, 0.29) is 6.61 Å². The number of rotatable bonds is 6. The first-order valence-corrected chi connectivity index (χ1v) is 6.91. The Morgan fingerprint density at radius 1 is 1.09 bits per heavy atom. The molecule has 0 aliphatic rings. The van der Waals surface area contributed by atoms with Crippen LogP contribution in [0.4, 0.5) is 11.4 Å². The SMILES string of the molecule is CCOC(C)(O)Oc1c([N+](=O)[O-])cc(C(C)(C)C)cc1[N+](=O)[O-]. The van der Waals surface area contributed by atoms with E-state index in [1.165, 1.54) is 12.1 Å². The van der Waals surface area contributed by atoms with Gasteiger partial charge in [0.25, 0.3) is 5.75 Å². The lowest BCUT2D eigenvalue weighted by atomic mass is 9.86. The van der Waals surface area contributed by atoms with E-state index in [1.807, 2.05) is 0 Å². The van der Waals surface area contributed by atoms with Crippen LogP contribution in [0.5, 0.6) is 5.75 Å². The summed E-state index contributed by atoms with van der Waals surface area (Å²) in [5.41, 5.74) is -1.36. The van der Waals surface area contributed by atoms with Crippen LogP contribution in [-0.4, -0.2) is 27.5 Å². The summed E-state index contributed by atoms with van der Waals surface area (Å²) < 4.78 is 9.93. The van der Waals surface area contributed by atoms with Crippen molar-refractivity contribution in [2.75, 3.05) is 6.61 Å². The van der Waals surface area contributed by atoms with Gasteiger partial charge in [-0.3, -0.25) is 20.2 Å². The van der Waals surface area contributed by atoms with Crippen molar-refractivity contribution >= 4 is 11.4 Å². The molecule has 0 bridgehead atoms. The summed E-state index contributed by atoms with van der Waals surface area (Å²) in [7, 11) is 0. The zero-order valence-electron chi connectivity index (χ0n) is 13.7. The van der Waals surface area contributed by atoms with Crippen LogP contribution in [0.15, 0.2) is 12.1 Å². The van der Waals surface area contributed by atoms with Crippen LogP contribution >= 0.6 is 0 Å². The molecule has 1 rings (SSSR count). The molecule has 1 N–H and O–H groups in total. The Labute approximate surface area is 133 Å². The van der Waals surface area contributed by atoms with Crippen LogP contribution in [0.3, 0.4) is 0 Å². The highest BCUT2D eigenvalue weighted by atomic mass is 16.8. The lowest BCUT2D eigenvalue weighted by Crippen LogP contribution is -2.35. The van der Waals surface area contributed by atoms with E-state index in [0.717, 1.165) is 6.92 Å². The van der Waals surface area contributed by atoms with Crippen LogP contribution in [0.1, 0.15) is 40.2 Å². The minimum absolute atomic E-state index is 0.0503. The molecule has 1 unspecified atom stereocenters. The molecular formula is C14H20N2O7. The Hall–Kier alpha value is -2.26. The maximum absolute atomic E-state index is 11.3. The second-order valence-corrected chi connectivity index (χ2v) is 6.04. The zero-order valence-corrected chi connectivity index (χ0v) is 13.7. The Balaban J connectivity index is 3.59. The first kappa shape index (κ1) is 18.8. The van der Waals surface area contributed by atoms with Gasteiger partial charge in [0.15, 0.2) is 0 Å². The molecule has 0 fully saturated rings.